The number of nitrogens with two attached hydrogens (primary N) is 1. The van der Waals surface area contributed by atoms with Gasteiger partial charge in [0.05, 0.1) is 0 Å². The summed E-state index contributed by atoms with van der Waals surface area (Å²) in [7, 11) is 0. The SMILES string of the molecule is CCC1CNCc2c(C(N)=O)nn(CC)c21. The van der Waals surface area contributed by atoms with E-state index in [9.17, 15) is 4.79 Å². The molecule has 0 aliphatic carbocycles. The standard InChI is InChI=1S/C11H18N4O/c1-3-7-5-13-6-8-9(11(12)16)14-15(4-2)10(7)8/h7,13H,3-6H2,1-2H3,(H2,12,16). The molecule has 5 heteroatoms. The van der Waals surface area contributed by atoms with E-state index in [1.165, 1.54) is 5.69 Å². The van der Waals surface area contributed by atoms with Gasteiger partial charge in [-0.3, -0.25) is 9.48 Å². The lowest BCUT2D eigenvalue weighted by Gasteiger charge is -2.23. The van der Waals surface area contributed by atoms with Gasteiger partial charge in [-0.05, 0) is 13.3 Å². The lowest BCUT2D eigenvalue weighted by Crippen LogP contribution is -2.30. The predicted molar refractivity (Wildman–Crippen MR) is 61.2 cm³/mol. The Morgan fingerprint density at radius 2 is 2.38 bits per heavy atom. The molecule has 0 bridgehead atoms. The fourth-order valence-electron chi connectivity index (χ4n) is 2.39. The topological polar surface area (TPSA) is 72.9 Å². The summed E-state index contributed by atoms with van der Waals surface area (Å²) in [5.41, 5.74) is 7.97. The molecule has 1 aliphatic rings. The van der Waals surface area contributed by atoms with Crippen molar-refractivity contribution >= 4 is 5.91 Å². The molecule has 1 aliphatic heterocycles. The lowest BCUT2D eigenvalue weighted by atomic mass is 9.94. The zero-order chi connectivity index (χ0) is 11.7. The monoisotopic (exact) mass is 222 g/mol. The Morgan fingerprint density at radius 1 is 1.62 bits per heavy atom. The summed E-state index contributed by atoms with van der Waals surface area (Å²) in [6.07, 6.45) is 1.05. The van der Waals surface area contributed by atoms with Gasteiger partial charge in [-0.2, -0.15) is 5.10 Å². The number of hydrogen-bond acceptors (Lipinski definition) is 3. The molecule has 16 heavy (non-hydrogen) atoms. The summed E-state index contributed by atoms with van der Waals surface area (Å²) in [6.45, 7) is 6.62. The van der Waals surface area contributed by atoms with Gasteiger partial charge in [0.2, 0.25) is 0 Å². The highest BCUT2D eigenvalue weighted by molar-refractivity contribution is 5.92. The summed E-state index contributed by atoms with van der Waals surface area (Å²) in [5, 5.41) is 7.62. The lowest BCUT2D eigenvalue weighted by molar-refractivity contribution is 0.0993. The van der Waals surface area contributed by atoms with Crippen molar-refractivity contribution in [2.75, 3.05) is 6.54 Å². The zero-order valence-corrected chi connectivity index (χ0v) is 9.79. The van der Waals surface area contributed by atoms with Crippen LogP contribution < -0.4 is 11.1 Å². The third kappa shape index (κ3) is 1.61. The number of nitrogens with one attached hydrogen (secondary N) is 1. The molecular weight excluding hydrogens is 204 g/mol. The van der Waals surface area contributed by atoms with Crippen LogP contribution >= 0.6 is 0 Å². The van der Waals surface area contributed by atoms with Crippen molar-refractivity contribution in [1.29, 1.82) is 0 Å². The van der Waals surface area contributed by atoms with Crippen LogP contribution in [0.5, 0.6) is 0 Å². The highest BCUT2D eigenvalue weighted by Gasteiger charge is 2.28. The third-order valence-electron chi connectivity index (χ3n) is 3.20. The van der Waals surface area contributed by atoms with Gasteiger partial charge in [0.25, 0.3) is 5.91 Å². The third-order valence-corrected chi connectivity index (χ3v) is 3.20. The molecular formula is C11H18N4O. The van der Waals surface area contributed by atoms with Crippen molar-refractivity contribution < 1.29 is 4.79 Å². The smallest absolute Gasteiger partial charge is 0.269 e. The first kappa shape index (κ1) is 11.1. The molecule has 0 saturated carbocycles. The van der Waals surface area contributed by atoms with E-state index in [1.54, 1.807) is 0 Å². The molecule has 3 N–H and O–H groups in total. The van der Waals surface area contributed by atoms with Crippen LogP contribution in [0.2, 0.25) is 0 Å². The van der Waals surface area contributed by atoms with E-state index in [-0.39, 0.29) is 0 Å². The Hall–Kier alpha value is -1.36. The van der Waals surface area contributed by atoms with Gasteiger partial charge in [0, 0.05) is 36.8 Å². The van der Waals surface area contributed by atoms with Crippen LogP contribution in [-0.4, -0.2) is 22.2 Å². The molecule has 88 valence electrons. The Balaban J connectivity index is 2.54. The van der Waals surface area contributed by atoms with Gasteiger partial charge in [0.1, 0.15) is 0 Å². The zero-order valence-electron chi connectivity index (χ0n) is 9.79. The van der Waals surface area contributed by atoms with Crippen molar-refractivity contribution in [3.8, 4) is 0 Å². The molecule has 1 amide bonds. The fourth-order valence-corrected chi connectivity index (χ4v) is 2.39. The first-order valence-corrected chi connectivity index (χ1v) is 5.79. The van der Waals surface area contributed by atoms with Crippen LogP contribution in [0.4, 0.5) is 0 Å². The summed E-state index contributed by atoms with van der Waals surface area (Å²) in [6, 6.07) is 0. The van der Waals surface area contributed by atoms with Crippen LogP contribution in [0.3, 0.4) is 0 Å². The molecule has 0 aromatic carbocycles. The van der Waals surface area contributed by atoms with Crippen LogP contribution in [0.15, 0.2) is 0 Å². The quantitative estimate of drug-likeness (QED) is 0.786. The van der Waals surface area contributed by atoms with E-state index in [0.29, 0.717) is 18.2 Å². The van der Waals surface area contributed by atoms with Gasteiger partial charge in [-0.1, -0.05) is 6.92 Å². The van der Waals surface area contributed by atoms with Gasteiger partial charge in [-0.25, -0.2) is 0 Å². The maximum atomic E-state index is 11.3. The number of rotatable bonds is 3. The second kappa shape index (κ2) is 4.25. The van der Waals surface area contributed by atoms with Gasteiger partial charge >= 0.3 is 0 Å². The molecule has 1 aromatic rings. The van der Waals surface area contributed by atoms with Crippen LogP contribution in [0.25, 0.3) is 0 Å². The van der Waals surface area contributed by atoms with E-state index < -0.39 is 5.91 Å². The van der Waals surface area contributed by atoms with Gasteiger partial charge in [0.15, 0.2) is 5.69 Å². The average molecular weight is 222 g/mol. The number of amides is 1. The minimum atomic E-state index is -0.429. The maximum absolute atomic E-state index is 11.3. The molecule has 2 heterocycles. The largest absolute Gasteiger partial charge is 0.364 e. The van der Waals surface area contributed by atoms with Crippen molar-refractivity contribution in [2.45, 2.75) is 39.3 Å². The Kier molecular flexibility index (Phi) is 2.96. The molecule has 1 unspecified atom stereocenters. The van der Waals surface area contributed by atoms with E-state index in [1.807, 2.05) is 11.6 Å². The minimum Gasteiger partial charge on any atom is -0.364 e. The van der Waals surface area contributed by atoms with Gasteiger partial charge < -0.3 is 11.1 Å². The molecule has 0 spiro atoms. The van der Waals surface area contributed by atoms with Crippen LogP contribution in [0, 0.1) is 0 Å². The summed E-state index contributed by atoms with van der Waals surface area (Å²) >= 11 is 0. The summed E-state index contributed by atoms with van der Waals surface area (Å²) in [5.74, 6) is 0.00584. The number of carbonyl (C=O) groups excluding carboxylic acids is 1. The number of nitrogens with zero attached hydrogens (tertiary/aromatic N) is 2. The molecule has 5 nitrogen and oxygen atoms in total. The summed E-state index contributed by atoms with van der Waals surface area (Å²) in [4.78, 5) is 11.3. The molecule has 1 aromatic heterocycles. The normalized spacial score (nSPS) is 19.5. The van der Waals surface area contributed by atoms with E-state index in [4.69, 9.17) is 5.73 Å². The number of carbonyl (C=O) groups is 1. The highest BCUT2D eigenvalue weighted by Crippen LogP contribution is 2.28. The van der Waals surface area contributed by atoms with Crippen LogP contribution in [-0.2, 0) is 13.1 Å². The Bertz CT molecular complexity index is 410. The van der Waals surface area contributed by atoms with Gasteiger partial charge in [-0.15, -0.1) is 0 Å². The van der Waals surface area contributed by atoms with Crippen molar-refractivity contribution in [3.05, 3.63) is 17.0 Å². The number of primary amides is 1. The molecule has 0 saturated heterocycles. The number of aryl methyl sites for hydroxylation is 1. The Morgan fingerprint density at radius 3 is 2.94 bits per heavy atom. The first-order chi connectivity index (χ1) is 7.69. The fraction of sp³-hybridized carbons (Fsp3) is 0.636. The molecule has 0 radical (unpaired) electrons. The molecule has 2 rings (SSSR count). The van der Waals surface area contributed by atoms with E-state index in [0.717, 1.165) is 25.1 Å². The van der Waals surface area contributed by atoms with Crippen molar-refractivity contribution in [3.63, 3.8) is 0 Å². The molecule has 0 fully saturated rings. The highest BCUT2D eigenvalue weighted by atomic mass is 16.1. The summed E-state index contributed by atoms with van der Waals surface area (Å²) < 4.78 is 1.92. The minimum absolute atomic E-state index is 0.429. The Labute approximate surface area is 95.0 Å². The second-order valence-electron chi connectivity index (χ2n) is 4.13. The van der Waals surface area contributed by atoms with E-state index >= 15 is 0 Å². The predicted octanol–water partition coefficient (Wildman–Crippen LogP) is 0.599. The van der Waals surface area contributed by atoms with E-state index in [2.05, 4.69) is 17.3 Å². The number of aromatic nitrogens is 2. The first-order valence-electron chi connectivity index (χ1n) is 5.79. The number of fused-ring (bicyclic) bond motifs is 1. The average Bonchev–Trinajstić information content (AvgIpc) is 2.67. The maximum Gasteiger partial charge on any atom is 0.269 e. The molecule has 1 atom stereocenters. The van der Waals surface area contributed by atoms with Crippen LogP contribution in [0.1, 0.15) is 47.9 Å². The number of hydrogen-bond donors (Lipinski definition) is 2. The van der Waals surface area contributed by atoms with Crippen molar-refractivity contribution in [1.82, 2.24) is 15.1 Å². The second-order valence-corrected chi connectivity index (χ2v) is 4.13. The van der Waals surface area contributed by atoms with Crippen molar-refractivity contribution in [2.24, 2.45) is 5.73 Å².